The van der Waals surface area contributed by atoms with Crippen molar-refractivity contribution in [1.82, 2.24) is 19.7 Å². The van der Waals surface area contributed by atoms with E-state index in [0.717, 1.165) is 45.0 Å². The van der Waals surface area contributed by atoms with Gasteiger partial charge in [0.05, 0.1) is 6.61 Å². The van der Waals surface area contributed by atoms with E-state index in [0.29, 0.717) is 18.8 Å². The molecule has 6 nitrogen and oxygen atoms in total. The number of nitrogens with zero attached hydrogens (tertiary/aromatic N) is 4. The first kappa shape index (κ1) is 15.0. The van der Waals surface area contributed by atoms with Crippen molar-refractivity contribution in [1.29, 1.82) is 0 Å². The maximum atomic E-state index is 12.2. The number of carbonyl (C=O) groups excluding carboxylic acids is 1. The van der Waals surface area contributed by atoms with Crippen molar-refractivity contribution >= 4 is 5.91 Å². The fourth-order valence-electron chi connectivity index (χ4n) is 2.50. The lowest BCUT2D eigenvalue weighted by Gasteiger charge is -2.16. The summed E-state index contributed by atoms with van der Waals surface area (Å²) in [5.74, 6) is 1.58. The van der Waals surface area contributed by atoms with E-state index in [2.05, 4.69) is 17.1 Å². The van der Waals surface area contributed by atoms with Gasteiger partial charge in [-0.3, -0.25) is 4.79 Å². The van der Waals surface area contributed by atoms with Crippen molar-refractivity contribution in [2.75, 3.05) is 26.3 Å². The summed E-state index contributed by atoms with van der Waals surface area (Å²) in [4.78, 5) is 14.1. The quantitative estimate of drug-likeness (QED) is 0.700. The maximum Gasteiger partial charge on any atom is 0.223 e. The number of hydrogen-bond donors (Lipinski definition) is 0. The van der Waals surface area contributed by atoms with Crippen molar-refractivity contribution in [3.8, 4) is 0 Å². The third kappa shape index (κ3) is 4.03. The van der Waals surface area contributed by atoms with Crippen LogP contribution in [0.15, 0.2) is 6.33 Å². The van der Waals surface area contributed by atoms with Gasteiger partial charge in [0, 0.05) is 45.5 Å². The number of aryl methyl sites for hydroxylation is 2. The van der Waals surface area contributed by atoms with Gasteiger partial charge in [-0.2, -0.15) is 0 Å². The normalized spacial score (nSPS) is 18.7. The summed E-state index contributed by atoms with van der Waals surface area (Å²) in [5.41, 5.74) is 0. The number of amides is 1. The fraction of sp³-hybridized carbons (Fsp3) is 0.786. The summed E-state index contributed by atoms with van der Waals surface area (Å²) < 4.78 is 7.43. The van der Waals surface area contributed by atoms with E-state index in [1.165, 1.54) is 0 Å². The Labute approximate surface area is 120 Å². The van der Waals surface area contributed by atoms with E-state index >= 15 is 0 Å². The van der Waals surface area contributed by atoms with Crippen LogP contribution in [0.4, 0.5) is 0 Å². The second kappa shape index (κ2) is 7.38. The Morgan fingerprint density at radius 3 is 3.10 bits per heavy atom. The molecule has 1 atom stereocenters. The fourth-order valence-corrected chi connectivity index (χ4v) is 2.50. The van der Waals surface area contributed by atoms with Gasteiger partial charge in [0.1, 0.15) is 12.2 Å². The molecule has 20 heavy (non-hydrogen) atoms. The van der Waals surface area contributed by atoms with Crippen molar-refractivity contribution in [2.45, 2.75) is 32.6 Å². The van der Waals surface area contributed by atoms with Crippen LogP contribution < -0.4 is 0 Å². The highest BCUT2D eigenvalue weighted by molar-refractivity contribution is 5.76. The van der Waals surface area contributed by atoms with Crippen LogP contribution in [0.3, 0.4) is 0 Å². The maximum absolute atomic E-state index is 12.2. The molecule has 1 amide bonds. The lowest BCUT2D eigenvalue weighted by molar-refractivity contribution is -0.130. The summed E-state index contributed by atoms with van der Waals surface area (Å²) in [6, 6.07) is 0. The summed E-state index contributed by atoms with van der Waals surface area (Å²) in [6.07, 6.45) is 4.93. The molecule has 0 bridgehead atoms. The lowest BCUT2D eigenvalue weighted by Crippen LogP contribution is -2.29. The summed E-state index contributed by atoms with van der Waals surface area (Å²) in [7, 11) is 1.90. The Kier molecular flexibility index (Phi) is 5.52. The van der Waals surface area contributed by atoms with E-state index in [1.54, 1.807) is 6.33 Å². The van der Waals surface area contributed by atoms with Crippen LogP contribution >= 0.6 is 0 Å². The SMILES string of the molecule is CCCOC[C@@H]1CCN(C(=O)CCc2nncn2C)C1. The van der Waals surface area contributed by atoms with Crippen LogP contribution in [0.5, 0.6) is 0 Å². The molecular formula is C14H24N4O2. The molecule has 1 fully saturated rings. The minimum absolute atomic E-state index is 0.214. The first-order valence-corrected chi connectivity index (χ1v) is 7.39. The Bertz CT molecular complexity index is 433. The minimum atomic E-state index is 0.214. The van der Waals surface area contributed by atoms with Gasteiger partial charge in [-0.25, -0.2) is 0 Å². The first-order valence-electron chi connectivity index (χ1n) is 7.39. The monoisotopic (exact) mass is 280 g/mol. The van der Waals surface area contributed by atoms with Crippen LogP contribution in [-0.2, 0) is 23.0 Å². The molecule has 0 radical (unpaired) electrons. The number of ether oxygens (including phenoxy) is 1. The summed E-state index contributed by atoms with van der Waals surface area (Å²) >= 11 is 0. The van der Waals surface area contributed by atoms with Crippen LogP contribution in [-0.4, -0.2) is 51.9 Å². The average molecular weight is 280 g/mol. The standard InChI is InChI=1S/C14H24N4O2/c1-3-8-20-10-12-6-7-18(9-12)14(19)5-4-13-16-15-11-17(13)2/h11-12H,3-10H2,1-2H3/t12-/m1/s1. The molecule has 0 N–H and O–H groups in total. The molecule has 0 saturated carbocycles. The molecule has 2 heterocycles. The Morgan fingerprint density at radius 2 is 2.40 bits per heavy atom. The summed E-state index contributed by atoms with van der Waals surface area (Å²) in [5, 5.41) is 7.82. The van der Waals surface area contributed by atoms with Crippen LogP contribution in [0.1, 0.15) is 32.0 Å². The van der Waals surface area contributed by atoms with Crippen molar-refractivity contribution in [3.63, 3.8) is 0 Å². The molecule has 1 aliphatic rings. The predicted octanol–water partition coefficient (Wildman–Crippen LogP) is 1.02. The predicted molar refractivity (Wildman–Crippen MR) is 75.1 cm³/mol. The Morgan fingerprint density at radius 1 is 1.55 bits per heavy atom. The second-order valence-electron chi connectivity index (χ2n) is 5.43. The molecular weight excluding hydrogens is 256 g/mol. The van der Waals surface area contributed by atoms with Crippen LogP contribution in [0, 0.1) is 5.92 Å². The Balaban J connectivity index is 1.70. The van der Waals surface area contributed by atoms with E-state index in [9.17, 15) is 4.79 Å². The van der Waals surface area contributed by atoms with Gasteiger partial charge >= 0.3 is 0 Å². The molecule has 2 rings (SSSR count). The highest BCUT2D eigenvalue weighted by Gasteiger charge is 2.26. The first-order chi connectivity index (χ1) is 9.70. The largest absolute Gasteiger partial charge is 0.381 e. The molecule has 1 aromatic rings. The van der Waals surface area contributed by atoms with Gasteiger partial charge in [-0.05, 0) is 12.8 Å². The van der Waals surface area contributed by atoms with Crippen molar-refractivity contribution in [3.05, 3.63) is 12.2 Å². The van der Waals surface area contributed by atoms with Crippen LogP contribution in [0.2, 0.25) is 0 Å². The number of carbonyl (C=O) groups is 1. The molecule has 112 valence electrons. The van der Waals surface area contributed by atoms with Crippen LogP contribution in [0.25, 0.3) is 0 Å². The minimum Gasteiger partial charge on any atom is -0.381 e. The van der Waals surface area contributed by atoms with Gasteiger partial charge in [-0.1, -0.05) is 6.92 Å². The molecule has 0 aromatic carbocycles. The average Bonchev–Trinajstić information content (AvgIpc) is 3.06. The van der Waals surface area contributed by atoms with E-state index < -0.39 is 0 Å². The van der Waals surface area contributed by atoms with Gasteiger partial charge < -0.3 is 14.2 Å². The van der Waals surface area contributed by atoms with Gasteiger partial charge in [0.15, 0.2) is 0 Å². The third-order valence-electron chi connectivity index (χ3n) is 3.71. The number of hydrogen-bond acceptors (Lipinski definition) is 4. The smallest absolute Gasteiger partial charge is 0.223 e. The zero-order chi connectivity index (χ0) is 14.4. The summed E-state index contributed by atoms with van der Waals surface area (Å²) in [6.45, 7) is 5.40. The molecule has 1 aromatic heterocycles. The van der Waals surface area contributed by atoms with E-state index in [1.807, 2.05) is 16.5 Å². The highest BCUT2D eigenvalue weighted by atomic mass is 16.5. The molecule has 6 heteroatoms. The molecule has 0 spiro atoms. The van der Waals surface area contributed by atoms with E-state index in [4.69, 9.17) is 4.74 Å². The third-order valence-corrected chi connectivity index (χ3v) is 3.71. The zero-order valence-corrected chi connectivity index (χ0v) is 12.4. The number of rotatable bonds is 7. The lowest BCUT2D eigenvalue weighted by atomic mass is 10.1. The molecule has 1 aliphatic heterocycles. The molecule has 1 saturated heterocycles. The number of likely N-dealkylation sites (tertiary alicyclic amines) is 1. The highest BCUT2D eigenvalue weighted by Crippen LogP contribution is 2.18. The second-order valence-corrected chi connectivity index (χ2v) is 5.43. The number of aromatic nitrogens is 3. The van der Waals surface area contributed by atoms with Crippen molar-refractivity contribution in [2.24, 2.45) is 13.0 Å². The Hall–Kier alpha value is -1.43. The molecule has 0 unspecified atom stereocenters. The molecule has 0 aliphatic carbocycles. The van der Waals surface area contributed by atoms with Gasteiger partial charge in [0.2, 0.25) is 5.91 Å². The topological polar surface area (TPSA) is 60.2 Å². The zero-order valence-electron chi connectivity index (χ0n) is 12.4. The van der Waals surface area contributed by atoms with Crippen molar-refractivity contribution < 1.29 is 9.53 Å². The van der Waals surface area contributed by atoms with Gasteiger partial charge in [0.25, 0.3) is 0 Å². The van der Waals surface area contributed by atoms with Gasteiger partial charge in [-0.15, -0.1) is 10.2 Å². The van der Waals surface area contributed by atoms with E-state index in [-0.39, 0.29) is 5.91 Å².